The van der Waals surface area contributed by atoms with Crippen molar-refractivity contribution in [1.29, 1.82) is 0 Å². The van der Waals surface area contributed by atoms with Crippen molar-refractivity contribution in [3.8, 4) is 0 Å². The summed E-state index contributed by atoms with van der Waals surface area (Å²) in [7, 11) is 1.88. The first-order valence-corrected chi connectivity index (χ1v) is 10.5. The number of rotatable bonds is 9. The highest BCUT2D eigenvalue weighted by atomic mass is 16.5. The Labute approximate surface area is 167 Å². The van der Waals surface area contributed by atoms with Gasteiger partial charge in [0.05, 0.1) is 18.7 Å². The first kappa shape index (κ1) is 20.6. The number of hydrogen-bond acceptors (Lipinski definition) is 5. The lowest BCUT2D eigenvalue weighted by Gasteiger charge is -2.21. The molecule has 0 atom stereocenters. The van der Waals surface area contributed by atoms with Crippen LogP contribution in [0.15, 0.2) is 6.07 Å². The third-order valence-corrected chi connectivity index (χ3v) is 5.56. The monoisotopic (exact) mass is 387 g/mol. The molecule has 0 unspecified atom stereocenters. The molecule has 1 saturated carbocycles. The Balaban J connectivity index is 1.54. The minimum atomic E-state index is 0.223. The molecule has 3 rings (SSSR count). The van der Waals surface area contributed by atoms with Crippen LogP contribution in [0.25, 0.3) is 11.0 Å². The molecule has 2 heterocycles. The number of carbonyl (C=O) groups excluding carboxylic acids is 1. The van der Waals surface area contributed by atoms with Crippen LogP contribution < -0.4 is 5.73 Å². The fraction of sp³-hybridized carbons (Fsp3) is 0.667. The maximum Gasteiger partial charge on any atom is 0.225 e. The van der Waals surface area contributed by atoms with Gasteiger partial charge in [0.2, 0.25) is 5.91 Å². The Morgan fingerprint density at radius 3 is 2.79 bits per heavy atom. The van der Waals surface area contributed by atoms with Crippen LogP contribution in [0, 0.1) is 12.8 Å². The summed E-state index contributed by atoms with van der Waals surface area (Å²) in [5.74, 6) is 2.00. The number of amides is 1. The smallest absolute Gasteiger partial charge is 0.225 e. The van der Waals surface area contributed by atoms with E-state index in [0.29, 0.717) is 25.6 Å². The number of nitrogen functional groups attached to an aromatic ring is 1. The second kappa shape index (κ2) is 9.37. The van der Waals surface area contributed by atoms with Gasteiger partial charge >= 0.3 is 0 Å². The molecular weight excluding hydrogens is 354 g/mol. The summed E-state index contributed by atoms with van der Waals surface area (Å²) in [4.78, 5) is 23.2. The number of anilines is 1. The molecule has 0 radical (unpaired) electrons. The number of hydrogen-bond donors (Lipinski definition) is 1. The van der Waals surface area contributed by atoms with Gasteiger partial charge in [-0.3, -0.25) is 4.79 Å². The van der Waals surface area contributed by atoms with Gasteiger partial charge in [-0.15, -0.1) is 0 Å². The maximum atomic E-state index is 12.4. The molecule has 0 spiro atoms. The van der Waals surface area contributed by atoms with E-state index < -0.39 is 0 Å². The van der Waals surface area contributed by atoms with E-state index in [9.17, 15) is 4.79 Å². The molecule has 7 nitrogen and oxygen atoms in total. The molecule has 2 aromatic rings. The fourth-order valence-corrected chi connectivity index (χ4v) is 4.04. The quantitative estimate of drug-likeness (QED) is 0.669. The minimum Gasteiger partial charge on any atom is -0.382 e. The lowest BCUT2D eigenvalue weighted by atomic mass is 10.1. The van der Waals surface area contributed by atoms with Gasteiger partial charge in [-0.05, 0) is 32.3 Å². The van der Waals surface area contributed by atoms with Crippen molar-refractivity contribution in [1.82, 2.24) is 19.4 Å². The summed E-state index contributed by atoms with van der Waals surface area (Å²) in [5, 5.41) is 0. The zero-order valence-electron chi connectivity index (χ0n) is 17.4. The van der Waals surface area contributed by atoms with Gasteiger partial charge in [-0.1, -0.05) is 19.8 Å². The van der Waals surface area contributed by atoms with Crippen LogP contribution in [0.2, 0.25) is 0 Å². The van der Waals surface area contributed by atoms with Crippen LogP contribution in [0.1, 0.15) is 50.5 Å². The number of nitrogens with two attached hydrogens (primary N) is 1. The number of aryl methyl sites for hydroxylation is 2. The lowest BCUT2D eigenvalue weighted by molar-refractivity contribution is -0.134. The molecule has 0 bridgehead atoms. The molecule has 28 heavy (non-hydrogen) atoms. The highest BCUT2D eigenvalue weighted by Gasteiger charge is 2.25. The van der Waals surface area contributed by atoms with E-state index in [1.165, 1.54) is 12.8 Å². The van der Waals surface area contributed by atoms with Crippen molar-refractivity contribution in [3.05, 3.63) is 17.6 Å². The molecule has 1 amide bonds. The Bertz CT molecular complexity index is 811. The number of carbonyl (C=O) groups is 1. The molecular formula is C21H33N5O2. The van der Waals surface area contributed by atoms with E-state index >= 15 is 0 Å². The van der Waals surface area contributed by atoms with E-state index in [1.807, 2.05) is 24.9 Å². The maximum absolute atomic E-state index is 12.4. The normalized spacial score (nSPS) is 14.8. The Kier molecular flexibility index (Phi) is 6.88. The zero-order valence-corrected chi connectivity index (χ0v) is 17.4. The third kappa shape index (κ3) is 4.63. The number of ether oxygens (including phenoxy) is 1. The summed E-state index contributed by atoms with van der Waals surface area (Å²) >= 11 is 0. The largest absolute Gasteiger partial charge is 0.382 e. The van der Waals surface area contributed by atoms with E-state index in [1.54, 1.807) is 0 Å². The molecule has 0 saturated heterocycles. The van der Waals surface area contributed by atoms with Gasteiger partial charge in [0.25, 0.3) is 0 Å². The van der Waals surface area contributed by atoms with Crippen molar-refractivity contribution in [2.45, 2.75) is 58.9 Å². The van der Waals surface area contributed by atoms with Crippen molar-refractivity contribution >= 4 is 22.8 Å². The average Bonchev–Trinajstić information content (AvgIpc) is 3.30. The SMILES string of the molecule is CCCc1nc2c(N)nc(C)cc2n1CCOCCN(C)C(=O)C1CCCC1. The van der Waals surface area contributed by atoms with Crippen LogP contribution in [0.4, 0.5) is 5.82 Å². The van der Waals surface area contributed by atoms with Gasteiger partial charge in [0.1, 0.15) is 11.3 Å². The highest BCUT2D eigenvalue weighted by Crippen LogP contribution is 2.26. The first-order valence-electron chi connectivity index (χ1n) is 10.5. The molecule has 1 aliphatic carbocycles. The van der Waals surface area contributed by atoms with Gasteiger partial charge in [-0.2, -0.15) is 0 Å². The number of aromatic nitrogens is 3. The number of nitrogens with zero attached hydrogens (tertiary/aromatic N) is 4. The second-order valence-electron chi connectivity index (χ2n) is 7.80. The van der Waals surface area contributed by atoms with Crippen LogP contribution in [0.5, 0.6) is 0 Å². The summed E-state index contributed by atoms with van der Waals surface area (Å²) in [6, 6.07) is 2.03. The molecule has 0 aliphatic heterocycles. The van der Waals surface area contributed by atoms with Gasteiger partial charge in [-0.25, -0.2) is 9.97 Å². The van der Waals surface area contributed by atoms with Crippen molar-refractivity contribution in [2.24, 2.45) is 5.92 Å². The summed E-state index contributed by atoms with van der Waals surface area (Å²) in [5.41, 5.74) is 8.75. The minimum absolute atomic E-state index is 0.223. The summed E-state index contributed by atoms with van der Waals surface area (Å²) in [6.45, 7) is 6.57. The molecule has 2 N–H and O–H groups in total. The Morgan fingerprint density at radius 1 is 1.32 bits per heavy atom. The van der Waals surface area contributed by atoms with Crippen molar-refractivity contribution in [3.63, 3.8) is 0 Å². The molecule has 154 valence electrons. The molecule has 0 aromatic carbocycles. The lowest BCUT2D eigenvalue weighted by Crippen LogP contribution is -2.34. The fourth-order valence-electron chi connectivity index (χ4n) is 4.04. The van der Waals surface area contributed by atoms with Crippen LogP contribution in [0.3, 0.4) is 0 Å². The van der Waals surface area contributed by atoms with Gasteiger partial charge in [0.15, 0.2) is 5.82 Å². The summed E-state index contributed by atoms with van der Waals surface area (Å²) < 4.78 is 8.04. The van der Waals surface area contributed by atoms with Crippen LogP contribution in [-0.4, -0.2) is 52.1 Å². The van der Waals surface area contributed by atoms with Crippen molar-refractivity contribution in [2.75, 3.05) is 32.5 Å². The standard InChI is InChI=1S/C21H33N5O2/c1-4-7-18-24-19-17(14-15(2)23-20(19)22)26(18)11-13-28-12-10-25(3)21(27)16-8-5-6-9-16/h14,16H,4-13H2,1-3H3,(H2,22,23). The van der Waals surface area contributed by atoms with E-state index in [0.717, 1.165) is 54.8 Å². The number of pyridine rings is 1. The molecule has 1 aliphatic rings. The predicted octanol–water partition coefficient (Wildman–Crippen LogP) is 2.94. The number of fused-ring (bicyclic) bond motifs is 1. The van der Waals surface area contributed by atoms with E-state index in [-0.39, 0.29) is 11.8 Å². The van der Waals surface area contributed by atoms with E-state index in [2.05, 4.69) is 16.5 Å². The van der Waals surface area contributed by atoms with Crippen LogP contribution in [-0.2, 0) is 22.5 Å². The first-order chi connectivity index (χ1) is 13.5. The third-order valence-electron chi connectivity index (χ3n) is 5.56. The predicted molar refractivity (Wildman–Crippen MR) is 111 cm³/mol. The Hall–Kier alpha value is -2.15. The molecule has 1 fully saturated rings. The second-order valence-corrected chi connectivity index (χ2v) is 7.80. The summed E-state index contributed by atoms with van der Waals surface area (Å²) in [6.07, 6.45) is 6.35. The van der Waals surface area contributed by atoms with Gasteiger partial charge in [0, 0.05) is 38.2 Å². The van der Waals surface area contributed by atoms with Gasteiger partial charge < -0.3 is 19.9 Å². The average molecular weight is 388 g/mol. The highest BCUT2D eigenvalue weighted by molar-refractivity contribution is 5.85. The van der Waals surface area contributed by atoms with Crippen LogP contribution >= 0.6 is 0 Å². The number of likely N-dealkylation sites (N-methyl/N-ethyl adjacent to an activating group) is 1. The molecule has 7 heteroatoms. The van der Waals surface area contributed by atoms with Crippen molar-refractivity contribution < 1.29 is 9.53 Å². The zero-order chi connectivity index (χ0) is 20.1. The Morgan fingerprint density at radius 2 is 2.07 bits per heavy atom. The topological polar surface area (TPSA) is 86.3 Å². The molecule has 2 aromatic heterocycles. The number of imidazole rings is 1. The van der Waals surface area contributed by atoms with E-state index in [4.69, 9.17) is 15.5 Å².